The summed E-state index contributed by atoms with van der Waals surface area (Å²) in [4.78, 5) is 10.0. The molecule has 1 fully saturated rings. The topological polar surface area (TPSA) is 74.7 Å². The first-order valence-corrected chi connectivity index (χ1v) is 8.06. The molecular weight excluding hydrogens is 297 g/mol. The lowest BCUT2D eigenvalue weighted by Crippen LogP contribution is -2.36. The van der Waals surface area contributed by atoms with Gasteiger partial charge in [-0.15, -0.1) is 0 Å². The minimum atomic E-state index is -3.82. The Hall–Kier alpha value is -1.73. The molecule has 2 rings (SSSR count). The van der Waals surface area contributed by atoms with Crippen molar-refractivity contribution in [2.24, 2.45) is 0 Å². The number of halogens is 1. The number of aliphatic carboxylic acids is 1. The van der Waals surface area contributed by atoms with Crippen LogP contribution in [0.5, 0.6) is 0 Å². The molecule has 114 valence electrons. The van der Waals surface area contributed by atoms with Gasteiger partial charge in [0.15, 0.2) is 0 Å². The highest BCUT2D eigenvalue weighted by Gasteiger charge is 2.28. The van der Waals surface area contributed by atoms with Gasteiger partial charge in [-0.05, 0) is 36.6 Å². The first kappa shape index (κ1) is 15.7. The van der Waals surface area contributed by atoms with Crippen molar-refractivity contribution in [2.75, 3.05) is 13.1 Å². The van der Waals surface area contributed by atoms with Crippen molar-refractivity contribution in [3.63, 3.8) is 0 Å². The molecule has 0 atom stereocenters. The Balaban J connectivity index is 2.29. The molecule has 0 radical (unpaired) electrons. The van der Waals surface area contributed by atoms with Gasteiger partial charge in [0.2, 0.25) is 10.0 Å². The molecule has 0 amide bonds. The molecule has 7 heteroatoms. The molecule has 0 bridgehead atoms. The van der Waals surface area contributed by atoms with E-state index in [4.69, 9.17) is 5.11 Å². The van der Waals surface area contributed by atoms with Crippen LogP contribution in [-0.2, 0) is 14.8 Å². The number of carbonyl (C=O) groups is 1. The Bertz CT molecular complexity index is 664. The Kier molecular flexibility index (Phi) is 4.74. The van der Waals surface area contributed by atoms with Gasteiger partial charge in [-0.3, -0.25) is 0 Å². The molecule has 5 nitrogen and oxygen atoms in total. The monoisotopic (exact) mass is 313 g/mol. The van der Waals surface area contributed by atoms with Gasteiger partial charge < -0.3 is 5.11 Å². The third-order valence-corrected chi connectivity index (χ3v) is 5.24. The first-order valence-electron chi connectivity index (χ1n) is 6.62. The fourth-order valence-corrected chi connectivity index (χ4v) is 3.80. The maximum Gasteiger partial charge on any atom is 0.328 e. The second-order valence-electron chi connectivity index (χ2n) is 4.83. The van der Waals surface area contributed by atoms with Gasteiger partial charge in [0.25, 0.3) is 0 Å². The summed E-state index contributed by atoms with van der Waals surface area (Å²) in [6, 6.07) is 3.59. The van der Waals surface area contributed by atoms with Crippen molar-refractivity contribution in [2.45, 2.75) is 24.2 Å². The van der Waals surface area contributed by atoms with Gasteiger partial charge in [-0.25, -0.2) is 17.6 Å². The van der Waals surface area contributed by atoms with E-state index in [2.05, 4.69) is 0 Å². The number of sulfonamides is 1. The SMILES string of the molecule is O=C(O)/C=C/c1ccc(S(=O)(=O)N2CCCCC2)c(F)c1. The molecule has 1 aliphatic rings. The molecule has 0 saturated carbocycles. The van der Waals surface area contributed by atoms with Crippen molar-refractivity contribution in [3.8, 4) is 0 Å². The molecule has 1 aliphatic heterocycles. The number of benzene rings is 1. The number of nitrogens with zero attached hydrogens (tertiary/aromatic N) is 1. The number of carboxylic acid groups (broad SMARTS) is 1. The number of hydrogen-bond donors (Lipinski definition) is 1. The largest absolute Gasteiger partial charge is 0.478 e. The molecule has 0 spiro atoms. The molecule has 1 aromatic rings. The van der Waals surface area contributed by atoms with Crippen LogP contribution in [0.25, 0.3) is 6.08 Å². The summed E-state index contributed by atoms with van der Waals surface area (Å²) in [5.74, 6) is -2.02. The van der Waals surface area contributed by atoms with E-state index in [1.54, 1.807) is 0 Å². The zero-order valence-corrected chi connectivity index (χ0v) is 12.1. The number of rotatable bonds is 4. The van der Waals surface area contributed by atoms with Crippen LogP contribution in [0.4, 0.5) is 4.39 Å². The Labute approximate surface area is 122 Å². The fourth-order valence-electron chi connectivity index (χ4n) is 2.24. The number of hydrogen-bond acceptors (Lipinski definition) is 3. The van der Waals surface area contributed by atoms with Crippen LogP contribution in [0.2, 0.25) is 0 Å². The van der Waals surface area contributed by atoms with Crippen LogP contribution in [0.1, 0.15) is 24.8 Å². The third-order valence-electron chi connectivity index (χ3n) is 3.31. The normalized spacial score (nSPS) is 17.2. The zero-order chi connectivity index (χ0) is 15.5. The molecule has 0 aliphatic carbocycles. The zero-order valence-electron chi connectivity index (χ0n) is 11.3. The van der Waals surface area contributed by atoms with Crippen LogP contribution >= 0.6 is 0 Å². The van der Waals surface area contributed by atoms with Crippen LogP contribution in [0.3, 0.4) is 0 Å². The highest BCUT2D eigenvalue weighted by Crippen LogP contribution is 2.23. The minimum absolute atomic E-state index is 0.299. The summed E-state index contributed by atoms with van der Waals surface area (Å²) in [6.45, 7) is 0.810. The quantitative estimate of drug-likeness (QED) is 0.864. The summed E-state index contributed by atoms with van der Waals surface area (Å²) >= 11 is 0. The van der Waals surface area contributed by atoms with Gasteiger partial charge in [-0.2, -0.15) is 4.31 Å². The molecule has 1 N–H and O–H groups in total. The average molecular weight is 313 g/mol. The van der Waals surface area contributed by atoms with E-state index in [0.29, 0.717) is 18.7 Å². The summed E-state index contributed by atoms with van der Waals surface area (Å²) in [7, 11) is -3.82. The van der Waals surface area contributed by atoms with E-state index in [1.165, 1.54) is 22.5 Å². The molecular formula is C14H16FNO4S. The predicted molar refractivity (Wildman–Crippen MR) is 75.7 cm³/mol. The van der Waals surface area contributed by atoms with Crippen molar-refractivity contribution >= 4 is 22.1 Å². The summed E-state index contributed by atoms with van der Waals surface area (Å²) in [5, 5.41) is 8.52. The molecule has 0 aromatic heterocycles. The standard InChI is InChI=1S/C14H16FNO4S/c15-12-10-11(5-7-14(17)18)4-6-13(12)21(19,20)16-8-2-1-3-9-16/h4-7,10H,1-3,8-9H2,(H,17,18)/b7-5+. The van der Waals surface area contributed by atoms with Crippen LogP contribution in [0.15, 0.2) is 29.2 Å². The van der Waals surface area contributed by atoms with Gasteiger partial charge in [0, 0.05) is 19.2 Å². The van der Waals surface area contributed by atoms with Crippen molar-refractivity contribution in [1.29, 1.82) is 0 Å². The second-order valence-corrected chi connectivity index (χ2v) is 6.73. The number of piperidine rings is 1. The molecule has 1 saturated heterocycles. The third kappa shape index (κ3) is 3.68. The highest BCUT2D eigenvalue weighted by molar-refractivity contribution is 7.89. The van der Waals surface area contributed by atoms with Crippen LogP contribution in [0, 0.1) is 5.82 Å². The van der Waals surface area contributed by atoms with E-state index in [0.717, 1.165) is 31.4 Å². The minimum Gasteiger partial charge on any atom is -0.478 e. The molecule has 1 heterocycles. The lowest BCUT2D eigenvalue weighted by Gasteiger charge is -2.26. The summed E-state index contributed by atoms with van der Waals surface area (Å²) in [6.07, 6.45) is 4.62. The van der Waals surface area contributed by atoms with Crippen LogP contribution < -0.4 is 0 Å². The van der Waals surface area contributed by atoms with Gasteiger partial charge >= 0.3 is 5.97 Å². The molecule has 1 aromatic carbocycles. The predicted octanol–water partition coefficient (Wildman–Crippen LogP) is 2.10. The van der Waals surface area contributed by atoms with Gasteiger partial charge in [0.05, 0.1) is 0 Å². The average Bonchev–Trinajstić information content (AvgIpc) is 2.46. The van der Waals surface area contributed by atoms with E-state index in [9.17, 15) is 17.6 Å². The van der Waals surface area contributed by atoms with Crippen molar-refractivity contribution < 1.29 is 22.7 Å². The Morgan fingerprint density at radius 1 is 1.24 bits per heavy atom. The molecule has 21 heavy (non-hydrogen) atoms. The van der Waals surface area contributed by atoms with Crippen molar-refractivity contribution in [1.82, 2.24) is 4.31 Å². The van der Waals surface area contributed by atoms with Gasteiger partial charge in [-0.1, -0.05) is 12.5 Å². The van der Waals surface area contributed by atoms with E-state index >= 15 is 0 Å². The first-order chi connectivity index (χ1) is 9.91. The summed E-state index contributed by atoms with van der Waals surface area (Å²) < 4.78 is 40.0. The van der Waals surface area contributed by atoms with E-state index in [-0.39, 0.29) is 4.90 Å². The smallest absolute Gasteiger partial charge is 0.328 e. The lowest BCUT2D eigenvalue weighted by molar-refractivity contribution is -0.131. The summed E-state index contributed by atoms with van der Waals surface area (Å²) in [5.41, 5.74) is 0.299. The molecule has 0 unspecified atom stereocenters. The maximum absolute atomic E-state index is 14.0. The van der Waals surface area contributed by atoms with Crippen molar-refractivity contribution in [3.05, 3.63) is 35.7 Å². The highest BCUT2D eigenvalue weighted by atomic mass is 32.2. The fraction of sp³-hybridized carbons (Fsp3) is 0.357. The van der Waals surface area contributed by atoms with E-state index in [1.807, 2.05) is 0 Å². The second kappa shape index (κ2) is 6.36. The van der Waals surface area contributed by atoms with Crippen LogP contribution in [-0.4, -0.2) is 36.9 Å². The van der Waals surface area contributed by atoms with Gasteiger partial charge in [0.1, 0.15) is 10.7 Å². The Morgan fingerprint density at radius 3 is 2.48 bits per heavy atom. The maximum atomic E-state index is 14.0. The lowest BCUT2D eigenvalue weighted by atomic mass is 10.2. The Morgan fingerprint density at radius 2 is 1.90 bits per heavy atom. The number of carboxylic acids is 1. The van der Waals surface area contributed by atoms with E-state index < -0.39 is 21.8 Å².